The van der Waals surface area contributed by atoms with E-state index in [9.17, 15) is 10.1 Å². The van der Waals surface area contributed by atoms with Crippen molar-refractivity contribution in [2.45, 2.75) is 52.5 Å². The maximum absolute atomic E-state index is 12.4. The summed E-state index contributed by atoms with van der Waals surface area (Å²) in [5.41, 5.74) is 5.46. The highest BCUT2D eigenvalue weighted by Crippen LogP contribution is 2.23. The van der Waals surface area contributed by atoms with Gasteiger partial charge < -0.3 is 9.88 Å². The number of amides is 1. The fourth-order valence-corrected chi connectivity index (χ4v) is 3.66. The van der Waals surface area contributed by atoms with Crippen molar-refractivity contribution in [2.24, 2.45) is 0 Å². The van der Waals surface area contributed by atoms with Crippen molar-refractivity contribution in [1.29, 1.82) is 5.26 Å². The summed E-state index contributed by atoms with van der Waals surface area (Å²) in [5.74, 6) is -0.264. The normalized spacial score (nSPS) is 15.1. The van der Waals surface area contributed by atoms with Gasteiger partial charge in [0, 0.05) is 23.1 Å². The predicted octanol–water partition coefficient (Wildman–Crippen LogP) is 4.37. The third-order valence-electron chi connectivity index (χ3n) is 5.12. The zero-order valence-corrected chi connectivity index (χ0v) is 15.7. The van der Waals surface area contributed by atoms with Crippen LogP contribution < -0.4 is 5.32 Å². The zero-order chi connectivity index (χ0) is 18.7. The Labute approximate surface area is 155 Å². The molecular weight excluding hydrogens is 322 g/mol. The lowest BCUT2D eigenvalue weighted by Crippen LogP contribution is -2.33. The van der Waals surface area contributed by atoms with Crippen LogP contribution in [0.5, 0.6) is 0 Å². The summed E-state index contributed by atoms with van der Waals surface area (Å²) in [4.78, 5) is 12.4. The van der Waals surface area contributed by atoms with E-state index in [4.69, 9.17) is 0 Å². The standard InChI is InChI=1S/C22H25N3O/c1-15-8-10-21(11-9-15)25-16(2)12-18(17(25)3)13-19(14-23)22(26)24-20-6-4-5-7-20/h8-13,20H,4-7H2,1-3H3,(H,24,26)/b19-13+. The first-order valence-electron chi connectivity index (χ1n) is 9.18. The molecule has 0 unspecified atom stereocenters. The van der Waals surface area contributed by atoms with E-state index in [0.717, 1.165) is 48.3 Å². The number of carbonyl (C=O) groups is 1. The Balaban J connectivity index is 1.89. The average molecular weight is 347 g/mol. The molecule has 0 radical (unpaired) electrons. The van der Waals surface area contributed by atoms with Crippen LogP contribution in [0, 0.1) is 32.1 Å². The topological polar surface area (TPSA) is 57.8 Å². The first-order chi connectivity index (χ1) is 12.5. The van der Waals surface area contributed by atoms with Crippen LogP contribution in [-0.2, 0) is 4.79 Å². The second-order valence-electron chi connectivity index (χ2n) is 7.12. The van der Waals surface area contributed by atoms with Crippen molar-refractivity contribution < 1.29 is 4.79 Å². The molecule has 1 aliphatic rings. The highest BCUT2D eigenvalue weighted by Gasteiger charge is 2.20. The molecule has 1 N–H and O–H groups in total. The monoisotopic (exact) mass is 347 g/mol. The number of nitrogens with zero attached hydrogens (tertiary/aromatic N) is 2. The van der Waals surface area contributed by atoms with Gasteiger partial charge in [-0.3, -0.25) is 4.79 Å². The van der Waals surface area contributed by atoms with Crippen LogP contribution in [0.15, 0.2) is 35.9 Å². The van der Waals surface area contributed by atoms with Crippen LogP contribution in [0.4, 0.5) is 0 Å². The molecular formula is C22H25N3O. The van der Waals surface area contributed by atoms with Gasteiger partial charge in [-0.15, -0.1) is 0 Å². The number of aryl methyl sites for hydroxylation is 2. The van der Waals surface area contributed by atoms with Crippen LogP contribution >= 0.6 is 0 Å². The van der Waals surface area contributed by atoms with Gasteiger partial charge in [-0.05, 0) is 63.5 Å². The number of nitrogens with one attached hydrogen (secondary N) is 1. The molecule has 0 saturated heterocycles. The van der Waals surface area contributed by atoms with E-state index < -0.39 is 0 Å². The van der Waals surface area contributed by atoms with Crippen LogP contribution in [0.1, 0.15) is 48.2 Å². The third-order valence-corrected chi connectivity index (χ3v) is 5.12. The molecule has 1 aromatic carbocycles. The Hall–Kier alpha value is -2.80. The average Bonchev–Trinajstić information content (AvgIpc) is 3.22. The fourth-order valence-electron chi connectivity index (χ4n) is 3.66. The SMILES string of the molecule is Cc1ccc(-n2c(C)cc(/C=C(\C#N)C(=O)NC3CCCC3)c2C)cc1. The maximum atomic E-state index is 12.4. The summed E-state index contributed by atoms with van der Waals surface area (Å²) in [5, 5.41) is 12.5. The van der Waals surface area contributed by atoms with E-state index in [1.54, 1.807) is 6.08 Å². The molecule has 4 nitrogen and oxygen atoms in total. The first-order valence-corrected chi connectivity index (χ1v) is 9.18. The summed E-state index contributed by atoms with van der Waals surface area (Å²) < 4.78 is 2.15. The molecule has 3 rings (SSSR count). The smallest absolute Gasteiger partial charge is 0.262 e. The van der Waals surface area contributed by atoms with E-state index >= 15 is 0 Å². The van der Waals surface area contributed by atoms with Crippen LogP contribution in [0.25, 0.3) is 11.8 Å². The fraction of sp³-hybridized carbons (Fsp3) is 0.364. The van der Waals surface area contributed by atoms with Crippen LogP contribution in [-0.4, -0.2) is 16.5 Å². The molecule has 1 aliphatic carbocycles. The summed E-state index contributed by atoms with van der Waals surface area (Å²) in [6.45, 7) is 6.12. The summed E-state index contributed by atoms with van der Waals surface area (Å²) in [7, 11) is 0. The molecule has 1 fully saturated rings. The minimum absolute atomic E-state index is 0.168. The van der Waals surface area contributed by atoms with Gasteiger partial charge in [0.05, 0.1) is 0 Å². The van der Waals surface area contributed by atoms with E-state index in [0.29, 0.717) is 0 Å². The predicted molar refractivity (Wildman–Crippen MR) is 104 cm³/mol. The van der Waals surface area contributed by atoms with Gasteiger partial charge in [-0.1, -0.05) is 30.5 Å². The van der Waals surface area contributed by atoms with Crippen molar-refractivity contribution in [3.8, 4) is 11.8 Å². The first kappa shape index (κ1) is 18.0. The van der Waals surface area contributed by atoms with Crippen molar-refractivity contribution in [1.82, 2.24) is 9.88 Å². The van der Waals surface area contributed by atoms with Gasteiger partial charge in [-0.25, -0.2) is 0 Å². The molecule has 0 atom stereocenters. The van der Waals surface area contributed by atoms with Crippen molar-refractivity contribution in [3.63, 3.8) is 0 Å². The lowest BCUT2D eigenvalue weighted by Gasteiger charge is -2.11. The molecule has 4 heteroatoms. The Kier molecular flexibility index (Phi) is 5.27. The minimum atomic E-state index is -0.264. The summed E-state index contributed by atoms with van der Waals surface area (Å²) in [6.07, 6.45) is 6.01. The van der Waals surface area contributed by atoms with Crippen molar-refractivity contribution in [3.05, 3.63) is 58.4 Å². The van der Waals surface area contributed by atoms with E-state index in [-0.39, 0.29) is 17.5 Å². The Morgan fingerprint density at radius 1 is 1.19 bits per heavy atom. The van der Waals surface area contributed by atoms with Gasteiger partial charge in [0.25, 0.3) is 5.91 Å². The summed E-state index contributed by atoms with van der Waals surface area (Å²) in [6, 6.07) is 12.6. The molecule has 0 bridgehead atoms. The lowest BCUT2D eigenvalue weighted by atomic mass is 10.1. The number of hydrogen-bond donors (Lipinski definition) is 1. The second-order valence-corrected chi connectivity index (χ2v) is 7.12. The third kappa shape index (κ3) is 3.72. The second kappa shape index (κ2) is 7.61. The van der Waals surface area contributed by atoms with Gasteiger partial charge in [0.2, 0.25) is 0 Å². The number of nitriles is 1. The largest absolute Gasteiger partial charge is 0.349 e. The highest BCUT2D eigenvalue weighted by molar-refractivity contribution is 6.02. The van der Waals surface area contributed by atoms with Crippen molar-refractivity contribution >= 4 is 12.0 Å². The molecule has 1 amide bonds. The Bertz CT molecular complexity index is 875. The number of hydrogen-bond acceptors (Lipinski definition) is 2. The summed E-state index contributed by atoms with van der Waals surface area (Å²) >= 11 is 0. The van der Waals surface area contributed by atoms with Crippen LogP contribution in [0.3, 0.4) is 0 Å². The van der Waals surface area contributed by atoms with Crippen molar-refractivity contribution in [2.75, 3.05) is 0 Å². The quantitative estimate of drug-likeness (QED) is 0.659. The van der Waals surface area contributed by atoms with E-state index in [1.807, 2.05) is 19.9 Å². The minimum Gasteiger partial charge on any atom is -0.349 e. The molecule has 1 aromatic heterocycles. The molecule has 0 spiro atoms. The molecule has 0 aliphatic heterocycles. The molecule has 1 heterocycles. The Morgan fingerprint density at radius 3 is 2.46 bits per heavy atom. The lowest BCUT2D eigenvalue weighted by molar-refractivity contribution is -0.117. The molecule has 134 valence electrons. The number of rotatable bonds is 4. The van der Waals surface area contributed by atoms with E-state index in [2.05, 4.69) is 47.1 Å². The van der Waals surface area contributed by atoms with E-state index in [1.165, 1.54) is 5.56 Å². The molecule has 1 saturated carbocycles. The highest BCUT2D eigenvalue weighted by atomic mass is 16.1. The molecule has 2 aromatic rings. The van der Waals surface area contributed by atoms with Gasteiger partial charge in [0.15, 0.2) is 0 Å². The zero-order valence-electron chi connectivity index (χ0n) is 15.7. The molecule has 26 heavy (non-hydrogen) atoms. The number of aromatic nitrogens is 1. The van der Waals surface area contributed by atoms with Gasteiger partial charge in [0.1, 0.15) is 11.6 Å². The van der Waals surface area contributed by atoms with Crippen LogP contribution in [0.2, 0.25) is 0 Å². The number of benzene rings is 1. The number of carbonyl (C=O) groups excluding carboxylic acids is 1. The van der Waals surface area contributed by atoms with Gasteiger partial charge in [-0.2, -0.15) is 5.26 Å². The Morgan fingerprint density at radius 2 is 1.85 bits per heavy atom. The van der Waals surface area contributed by atoms with Gasteiger partial charge >= 0.3 is 0 Å². The maximum Gasteiger partial charge on any atom is 0.262 e.